The first kappa shape index (κ1) is 15.5. The van der Waals surface area contributed by atoms with Gasteiger partial charge in [0, 0.05) is 17.5 Å². The molecular formula is C16H25NO2S. The summed E-state index contributed by atoms with van der Waals surface area (Å²) in [6, 6.07) is 2.37. The van der Waals surface area contributed by atoms with Crippen LogP contribution in [0.25, 0.3) is 0 Å². The number of aliphatic hydroxyl groups excluding tert-OH is 1. The van der Waals surface area contributed by atoms with Gasteiger partial charge in [-0.05, 0) is 49.1 Å². The third-order valence-electron chi connectivity index (χ3n) is 4.36. The molecule has 1 aliphatic rings. The van der Waals surface area contributed by atoms with Gasteiger partial charge < -0.3 is 10.0 Å². The average molecular weight is 295 g/mol. The second-order valence-electron chi connectivity index (χ2n) is 5.47. The zero-order valence-corrected chi connectivity index (χ0v) is 13.3. The summed E-state index contributed by atoms with van der Waals surface area (Å²) in [6.45, 7) is 4.73. The fourth-order valence-corrected chi connectivity index (χ4v) is 4.24. The summed E-state index contributed by atoms with van der Waals surface area (Å²) >= 11 is 1.77. The fourth-order valence-electron chi connectivity index (χ4n) is 3.25. The van der Waals surface area contributed by atoms with E-state index >= 15 is 0 Å². The van der Waals surface area contributed by atoms with Gasteiger partial charge in [-0.15, -0.1) is 11.3 Å². The van der Waals surface area contributed by atoms with E-state index in [-0.39, 0.29) is 24.5 Å². The average Bonchev–Trinajstić information content (AvgIpc) is 2.95. The smallest absolute Gasteiger partial charge is 0.230 e. The van der Waals surface area contributed by atoms with Crippen LogP contribution in [0.5, 0.6) is 0 Å². The van der Waals surface area contributed by atoms with E-state index in [4.69, 9.17) is 0 Å². The molecule has 1 aliphatic carbocycles. The van der Waals surface area contributed by atoms with E-state index in [9.17, 15) is 9.90 Å². The molecule has 0 aromatic carbocycles. The van der Waals surface area contributed by atoms with Gasteiger partial charge in [-0.3, -0.25) is 4.79 Å². The monoisotopic (exact) mass is 295 g/mol. The SMILES string of the molecule is CCC(CC)N(CCO)C(=O)C1CCCc2sccc21. The first-order valence-electron chi connectivity index (χ1n) is 7.70. The Morgan fingerprint density at radius 1 is 1.50 bits per heavy atom. The number of hydrogen-bond acceptors (Lipinski definition) is 3. The molecule has 0 saturated heterocycles. The van der Waals surface area contributed by atoms with Gasteiger partial charge in [0.2, 0.25) is 5.91 Å². The molecule has 0 radical (unpaired) electrons. The minimum absolute atomic E-state index is 0.0112. The second kappa shape index (κ2) is 7.23. The molecule has 1 amide bonds. The number of carbonyl (C=O) groups excluding carboxylic acids is 1. The molecule has 0 fully saturated rings. The Kier molecular flexibility index (Phi) is 5.61. The van der Waals surface area contributed by atoms with E-state index in [1.54, 1.807) is 11.3 Å². The van der Waals surface area contributed by atoms with Gasteiger partial charge in [0.1, 0.15) is 0 Å². The van der Waals surface area contributed by atoms with Crippen LogP contribution in [0.3, 0.4) is 0 Å². The van der Waals surface area contributed by atoms with Crippen molar-refractivity contribution in [1.29, 1.82) is 0 Å². The van der Waals surface area contributed by atoms with E-state index in [1.807, 2.05) is 4.90 Å². The summed E-state index contributed by atoms with van der Waals surface area (Å²) in [7, 11) is 0. The normalized spacial score (nSPS) is 18.1. The van der Waals surface area contributed by atoms with Crippen LogP contribution in [0, 0.1) is 0 Å². The van der Waals surface area contributed by atoms with Crippen molar-refractivity contribution in [3.63, 3.8) is 0 Å². The highest BCUT2D eigenvalue weighted by atomic mass is 32.1. The standard InChI is InChI=1S/C16H25NO2S/c1-3-12(4-2)17(9-10-18)16(19)14-6-5-7-15-13(14)8-11-20-15/h8,11-12,14,18H,3-7,9-10H2,1-2H3. The highest BCUT2D eigenvalue weighted by Gasteiger charge is 2.32. The molecule has 20 heavy (non-hydrogen) atoms. The van der Waals surface area contributed by atoms with Crippen LogP contribution in [0.4, 0.5) is 0 Å². The summed E-state index contributed by atoms with van der Waals surface area (Å²) < 4.78 is 0. The quantitative estimate of drug-likeness (QED) is 0.875. The van der Waals surface area contributed by atoms with Crippen LogP contribution in [0.15, 0.2) is 11.4 Å². The number of aryl methyl sites for hydroxylation is 1. The number of fused-ring (bicyclic) bond motifs is 1. The number of amides is 1. The summed E-state index contributed by atoms with van der Waals surface area (Å²) in [4.78, 5) is 16.2. The van der Waals surface area contributed by atoms with Gasteiger partial charge in [0.15, 0.2) is 0 Å². The topological polar surface area (TPSA) is 40.5 Å². The number of carbonyl (C=O) groups is 1. The maximum atomic E-state index is 12.9. The highest BCUT2D eigenvalue weighted by molar-refractivity contribution is 7.10. The maximum Gasteiger partial charge on any atom is 0.230 e. The predicted octanol–water partition coefficient (Wildman–Crippen LogP) is 3.18. The van der Waals surface area contributed by atoms with Gasteiger partial charge in [-0.1, -0.05) is 13.8 Å². The van der Waals surface area contributed by atoms with Crippen molar-refractivity contribution in [1.82, 2.24) is 4.90 Å². The molecule has 3 nitrogen and oxygen atoms in total. The van der Waals surface area contributed by atoms with E-state index in [1.165, 1.54) is 10.4 Å². The van der Waals surface area contributed by atoms with Gasteiger partial charge in [0.25, 0.3) is 0 Å². The molecule has 4 heteroatoms. The molecule has 1 aromatic heterocycles. The van der Waals surface area contributed by atoms with Gasteiger partial charge in [-0.25, -0.2) is 0 Å². The van der Waals surface area contributed by atoms with Gasteiger partial charge in [-0.2, -0.15) is 0 Å². The highest BCUT2D eigenvalue weighted by Crippen LogP contribution is 2.36. The van der Waals surface area contributed by atoms with Crippen molar-refractivity contribution in [2.45, 2.75) is 57.9 Å². The summed E-state index contributed by atoms with van der Waals surface area (Å²) in [6.07, 6.45) is 5.06. The molecule has 1 N–H and O–H groups in total. The molecular weight excluding hydrogens is 270 g/mol. The number of rotatable bonds is 6. The Hall–Kier alpha value is -0.870. The third kappa shape index (κ3) is 3.07. The Morgan fingerprint density at radius 3 is 2.90 bits per heavy atom. The Balaban J connectivity index is 2.20. The lowest BCUT2D eigenvalue weighted by atomic mass is 9.86. The summed E-state index contributed by atoms with van der Waals surface area (Å²) in [5.41, 5.74) is 1.24. The minimum Gasteiger partial charge on any atom is -0.395 e. The molecule has 0 spiro atoms. The number of thiophene rings is 1. The largest absolute Gasteiger partial charge is 0.395 e. The first-order chi connectivity index (χ1) is 9.72. The van der Waals surface area contributed by atoms with Crippen LogP contribution >= 0.6 is 11.3 Å². The molecule has 0 saturated carbocycles. The number of aliphatic hydroxyl groups is 1. The van der Waals surface area contributed by atoms with Crippen LogP contribution in [-0.2, 0) is 11.2 Å². The molecule has 1 atom stereocenters. The Bertz CT molecular complexity index is 439. The molecule has 1 aromatic rings. The van der Waals surface area contributed by atoms with Crippen molar-refractivity contribution >= 4 is 17.2 Å². The molecule has 2 rings (SSSR count). The first-order valence-corrected chi connectivity index (χ1v) is 8.58. The zero-order chi connectivity index (χ0) is 14.5. The van der Waals surface area contributed by atoms with Crippen molar-refractivity contribution in [2.75, 3.05) is 13.2 Å². The van der Waals surface area contributed by atoms with E-state index in [2.05, 4.69) is 25.3 Å². The molecule has 0 aliphatic heterocycles. The van der Waals surface area contributed by atoms with E-state index in [0.717, 1.165) is 32.1 Å². The molecule has 1 unspecified atom stereocenters. The lowest BCUT2D eigenvalue weighted by Gasteiger charge is -2.34. The molecule has 0 bridgehead atoms. The fraction of sp³-hybridized carbons (Fsp3) is 0.688. The van der Waals surface area contributed by atoms with Crippen LogP contribution < -0.4 is 0 Å². The molecule has 1 heterocycles. The number of nitrogens with zero attached hydrogens (tertiary/aromatic N) is 1. The van der Waals surface area contributed by atoms with Crippen molar-refractivity contribution in [3.05, 3.63) is 21.9 Å². The van der Waals surface area contributed by atoms with Crippen molar-refractivity contribution in [2.24, 2.45) is 0 Å². The van der Waals surface area contributed by atoms with Crippen LogP contribution in [0.2, 0.25) is 0 Å². The lowest BCUT2D eigenvalue weighted by molar-refractivity contribution is -0.136. The van der Waals surface area contributed by atoms with Crippen LogP contribution in [0.1, 0.15) is 55.9 Å². The minimum atomic E-state index is 0.0112. The Labute approximate surface area is 125 Å². The van der Waals surface area contributed by atoms with E-state index < -0.39 is 0 Å². The summed E-state index contributed by atoms with van der Waals surface area (Å²) in [5.74, 6) is 0.226. The maximum absolute atomic E-state index is 12.9. The predicted molar refractivity (Wildman–Crippen MR) is 83.2 cm³/mol. The van der Waals surface area contributed by atoms with Gasteiger partial charge >= 0.3 is 0 Å². The third-order valence-corrected chi connectivity index (χ3v) is 5.35. The molecule has 112 valence electrons. The Morgan fingerprint density at radius 2 is 2.25 bits per heavy atom. The van der Waals surface area contributed by atoms with Gasteiger partial charge in [0.05, 0.1) is 12.5 Å². The summed E-state index contributed by atoms with van der Waals surface area (Å²) in [5, 5.41) is 11.4. The second-order valence-corrected chi connectivity index (χ2v) is 6.47. The van der Waals surface area contributed by atoms with Crippen LogP contribution in [-0.4, -0.2) is 35.1 Å². The number of hydrogen-bond donors (Lipinski definition) is 1. The zero-order valence-electron chi connectivity index (χ0n) is 12.5. The van der Waals surface area contributed by atoms with E-state index in [0.29, 0.717) is 6.54 Å². The lowest BCUT2D eigenvalue weighted by Crippen LogP contribution is -2.44. The van der Waals surface area contributed by atoms with Crippen molar-refractivity contribution in [3.8, 4) is 0 Å². The van der Waals surface area contributed by atoms with Crippen molar-refractivity contribution < 1.29 is 9.90 Å².